The van der Waals surface area contributed by atoms with E-state index < -0.39 is 10.0 Å². The number of rotatable bonds is 6. The van der Waals surface area contributed by atoms with Crippen LogP contribution in [0.2, 0.25) is 0 Å². The van der Waals surface area contributed by atoms with E-state index in [0.29, 0.717) is 37.8 Å². The molecule has 10 nitrogen and oxygen atoms in total. The van der Waals surface area contributed by atoms with Gasteiger partial charge in [-0.25, -0.2) is 13.4 Å². The van der Waals surface area contributed by atoms with Gasteiger partial charge in [0.1, 0.15) is 5.82 Å². The normalized spacial score (nSPS) is 14.9. The molecule has 0 radical (unpaired) electrons. The zero-order chi connectivity index (χ0) is 21.0. The van der Waals surface area contributed by atoms with Gasteiger partial charge in [-0.2, -0.15) is 4.31 Å². The van der Waals surface area contributed by atoms with Crippen molar-refractivity contribution in [3.8, 4) is 0 Å². The van der Waals surface area contributed by atoms with E-state index in [1.165, 1.54) is 7.05 Å². The third-order valence-electron chi connectivity index (χ3n) is 4.70. The molecule has 0 unspecified atom stereocenters. The zero-order valence-corrected chi connectivity index (χ0v) is 17.6. The summed E-state index contributed by atoms with van der Waals surface area (Å²) in [6.07, 6.45) is 2.86. The van der Waals surface area contributed by atoms with Crippen molar-refractivity contribution in [2.75, 3.05) is 56.2 Å². The summed E-state index contributed by atoms with van der Waals surface area (Å²) in [5.41, 5.74) is 1.08. The Balaban J connectivity index is 1.53. The Labute approximate surface area is 170 Å². The van der Waals surface area contributed by atoms with Crippen LogP contribution in [0.25, 0.3) is 0 Å². The van der Waals surface area contributed by atoms with Crippen LogP contribution in [0.5, 0.6) is 0 Å². The first-order valence-corrected chi connectivity index (χ1v) is 11.0. The summed E-state index contributed by atoms with van der Waals surface area (Å²) in [5.74, 6) is 1.83. The van der Waals surface area contributed by atoms with E-state index >= 15 is 0 Å². The molecule has 1 amide bonds. The van der Waals surface area contributed by atoms with E-state index in [0.717, 1.165) is 21.9 Å². The Kier molecular flexibility index (Phi) is 6.28. The highest BCUT2D eigenvalue weighted by Gasteiger charge is 2.24. The predicted molar refractivity (Wildman–Crippen MR) is 111 cm³/mol. The van der Waals surface area contributed by atoms with Crippen LogP contribution in [0.3, 0.4) is 0 Å². The average Bonchev–Trinajstić information content (AvgIpc) is 2.70. The van der Waals surface area contributed by atoms with Crippen LogP contribution in [-0.4, -0.2) is 84.7 Å². The van der Waals surface area contributed by atoms with E-state index in [9.17, 15) is 13.2 Å². The molecule has 1 aliphatic rings. The first-order valence-electron chi connectivity index (χ1n) is 9.20. The SMILES string of the molecule is Cc1ccc(Nc2ccc(N3CCN(C(=O)CN(C)S(C)(=O)=O)CC3)nn2)nc1. The molecule has 3 heterocycles. The maximum absolute atomic E-state index is 12.3. The third-order valence-corrected chi connectivity index (χ3v) is 5.96. The lowest BCUT2D eigenvalue weighted by molar-refractivity contribution is -0.131. The van der Waals surface area contributed by atoms with Gasteiger partial charge in [0.25, 0.3) is 0 Å². The van der Waals surface area contributed by atoms with Gasteiger partial charge in [-0.15, -0.1) is 10.2 Å². The lowest BCUT2D eigenvalue weighted by atomic mass is 10.3. The van der Waals surface area contributed by atoms with Gasteiger partial charge >= 0.3 is 0 Å². The van der Waals surface area contributed by atoms with E-state index in [1.54, 1.807) is 11.1 Å². The number of aryl methyl sites for hydroxylation is 1. The van der Waals surface area contributed by atoms with Crippen LogP contribution >= 0.6 is 0 Å². The molecule has 1 fully saturated rings. The molecule has 3 rings (SSSR count). The zero-order valence-electron chi connectivity index (χ0n) is 16.7. The van der Waals surface area contributed by atoms with Gasteiger partial charge < -0.3 is 15.1 Å². The molecular formula is C18H25N7O3S. The van der Waals surface area contributed by atoms with Crippen molar-refractivity contribution in [3.63, 3.8) is 0 Å². The minimum atomic E-state index is -3.37. The van der Waals surface area contributed by atoms with Gasteiger partial charge in [0, 0.05) is 39.4 Å². The maximum Gasteiger partial charge on any atom is 0.238 e. The van der Waals surface area contributed by atoms with Crippen LogP contribution in [0.15, 0.2) is 30.5 Å². The summed E-state index contributed by atoms with van der Waals surface area (Å²) in [6, 6.07) is 7.55. The largest absolute Gasteiger partial charge is 0.352 e. The minimum absolute atomic E-state index is 0.147. The number of carbonyl (C=O) groups is 1. The minimum Gasteiger partial charge on any atom is -0.352 e. The van der Waals surface area contributed by atoms with Gasteiger partial charge in [0.15, 0.2) is 11.6 Å². The highest BCUT2D eigenvalue weighted by molar-refractivity contribution is 7.88. The van der Waals surface area contributed by atoms with Gasteiger partial charge in [-0.3, -0.25) is 4.79 Å². The Morgan fingerprint density at radius 3 is 2.34 bits per heavy atom. The van der Waals surface area contributed by atoms with E-state index in [1.807, 2.05) is 36.1 Å². The average molecular weight is 420 g/mol. The molecule has 0 spiro atoms. The van der Waals surface area contributed by atoms with Crippen molar-refractivity contribution in [2.45, 2.75) is 6.92 Å². The fourth-order valence-electron chi connectivity index (χ4n) is 2.83. The standard InChI is InChI=1S/C18H25N7O3S/c1-14-4-5-15(19-12-14)20-16-6-7-17(22-21-16)24-8-10-25(11-9-24)18(26)13-23(2)29(3,27)28/h4-7,12H,8-11,13H2,1-3H3,(H,19,20,21). The van der Waals surface area contributed by atoms with Crippen molar-refractivity contribution >= 4 is 33.4 Å². The molecule has 1 aliphatic heterocycles. The number of sulfonamides is 1. The fraction of sp³-hybridized carbons (Fsp3) is 0.444. The van der Waals surface area contributed by atoms with Crippen LogP contribution in [0.4, 0.5) is 17.5 Å². The quantitative estimate of drug-likeness (QED) is 0.719. The molecule has 0 saturated carbocycles. The lowest BCUT2D eigenvalue weighted by Crippen LogP contribution is -2.51. The number of likely N-dealkylation sites (N-methyl/N-ethyl adjacent to an activating group) is 1. The molecule has 1 N–H and O–H groups in total. The van der Waals surface area contributed by atoms with Gasteiger partial charge in [-0.1, -0.05) is 6.07 Å². The summed E-state index contributed by atoms with van der Waals surface area (Å²) >= 11 is 0. The highest BCUT2D eigenvalue weighted by atomic mass is 32.2. The summed E-state index contributed by atoms with van der Waals surface area (Å²) in [5, 5.41) is 11.6. The van der Waals surface area contributed by atoms with Crippen LogP contribution in [0, 0.1) is 6.92 Å². The first-order chi connectivity index (χ1) is 13.7. The number of hydrogen-bond acceptors (Lipinski definition) is 8. The summed E-state index contributed by atoms with van der Waals surface area (Å²) < 4.78 is 24.0. The second kappa shape index (κ2) is 8.70. The monoisotopic (exact) mass is 419 g/mol. The molecule has 0 bridgehead atoms. The Bertz CT molecular complexity index is 940. The molecule has 156 valence electrons. The molecule has 2 aromatic rings. The second-order valence-corrected chi connectivity index (χ2v) is 9.10. The molecule has 2 aromatic heterocycles. The lowest BCUT2D eigenvalue weighted by Gasteiger charge is -2.35. The van der Waals surface area contributed by atoms with E-state index in [2.05, 4.69) is 20.5 Å². The van der Waals surface area contributed by atoms with Crippen LogP contribution in [0.1, 0.15) is 5.56 Å². The second-order valence-electron chi connectivity index (χ2n) is 7.01. The first kappa shape index (κ1) is 20.9. The number of nitrogens with one attached hydrogen (secondary N) is 1. The van der Waals surface area contributed by atoms with Crippen molar-refractivity contribution in [2.24, 2.45) is 0 Å². The number of amides is 1. The summed E-state index contributed by atoms with van der Waals surface area (Å²) in [6.45, 7) is 4.05. The molecule has 11 heteroatoms. The van der Waals surface area contributed by atoms with Gasteiger partial charge in [0.2, 0.25) is 15.9 Å². The topological polar surface area (TPSA) is 112 Å². The molecule has 1 saturated heterocycles. The van der Waals surface area contributed by atoms with Crippen molar-refractivity contribution in [1.29, 1.82) is 0 Å². The molecule has 0 atom stereocenters. The number of hydrogen-bond donors (Lipinski definition) is 1. The van der Waals surface area contributed by atoms with Gasteiger partial charge in [0.05, 0.1) is 12.8 Å². The number of nitrogens with zero attached hydrogens (tertiary/aromatic N) is 6. The van der Waals surface area contributed by atoms with Gasteiger partial charge in [-0.05, 0) is 30.7 Å². The highest BCUT2D eigenvalue weighted by Crippen LogP contribution is 2.17. The van der Waals surface area contributed by atoms with Crippen molar-refractivity contribution < 1.29 is 13.2 Å². The number of anilines is 3. The molecular weight excluding hydrogens is 394 g/mol. The van der Waals surface area contributed by atoms with Crippen molar-refractivity contribution in [3.05, 3.63) is 36.0 Å². The number of piperazine rings is 1. The van der Waals surface area contributed by atoms with E-state index in [-0.39, 0.29) is 12.5 Å². The fourth-order valence-corrected chi connectivity index (χ4v) is 3.17. The third kappa shape index (κ3) is 5.61. The maximum atomic E-state index is 12.3. The Morgan fingerprint density at radius 2 is 1.79 bits per heavy atom. The number of aromatic nitrogens is 3. The van der Waals surface area contributed by atoms with E-state index in [4.69, 9.17) is 0 Å². The molecule has 29 heavy (non-hydrogen) atoms. The Morgan fingerprint density at radius 1 is 1.10 bits per heavy atom. The number of carbonyl (C=O) groups excluding carboxylic acids is 1. The summed E-state index contributed by atoms with van der Waals surface area (Å²) in [4.78, 5) is 20.3. The number of pyridine rings is 1. The van der Waals surface area contributed by atoms with Crippen LogP contribution in [-0.2, 0) is 14.8 Å². The van der Waals surface area contributed by atoms with Crippen molar-refractivity contribution in [1.82, 2.24) is 24.4 Å². The Hall–Kier alpha value is -2.79. The van der Waals surface area contributed by atoms with Crippen LogP contribution < -0.4 is 10.2 Å². The molecule has 0 aliphatic carbocycles. The molecule has 0 aromatic carbocycles. The smallest absolute Gasteiger partial charge is 0.238 e. The predicted octanol–water partition coefficient (Wildman–Crippen LogP) is 0.464. The summed E-state index contributed by atoms with van der Waals surface area (Å²) in [7, 11) is -1.97.